The molecule has 100 valence electrons. The highest BCUT2D eigenvalue weighted by Gasteiger charge is 2.18. The lowest BCUT2D eigenvalue weighted by atomic mass is 10.0. The monoisotopic (exact) mass is 251 g/mol. The zero-order valence-corrected chi connectivity index (χ0v) is 11.1. The smallest absolute Gasteiger partial charge is 0.250 e. The third-order valence-corrected chi connectivity index (χ3v) is 2.84. The molecular formula is C13H21N3O2. The molecular weight excluding hydrogens is 230 g/mol. The Hall–Kier alpha value is -1.75. The van der Waals surface area contributed by atoms with Gasteiger partial charge in [0.2, 0.25) is 0 Å². The van der Waals surface area contributed by atoms with E-state index < -0.39 is 5.91 Å². The first-order valence-electron chi connectivity index (χ1n) is 5.91. The van der Waals surface area contributed by atoms with Gasteiger partial charge in [0.1, 0.15) is 0 Å². The largest absolute Gasteiger partial charge is 0.397 e. The number of benzene rings is 1. The summed E-state index contributed by atoms with van der Waals surface area (Å²) in [5.74, 6) is -0.157. The van der Waals surface area contributed by atoms with Gasteiger partial charge < -0.3 is 21.5 Å². The van der Waals surface area contributed by atoms with E-state index in [0.717, 1.165) is 0 Å². The maximum absolute atomic E-state index is 11.4. The van der Waals surface area contributed by atoms with Crippen molar-refractivity contribution < 1.29 is 9.53 Å². The van der Waals surface area contributed by atoms with Gasteiger partial charge in [0.15, 0.2) is 0 Å². The summed E-state index contributed by atoms with van der Waals surface area (Å²) in [5.41, 5.74) is 12.7. The van der Waals surface area contributed by atoms with Gasteiger partial charge in [-0.2, -0.15) is 0 Å². The second kappa shape index (κ2) is 6.26. The van der Waals surface area contributed by atoms with Crippen molar-refractivity contribution in [2.24, 2.45) is 11.7 Å². The molecule has 1 unspecified atom stereocenters. The molecule has 1 amide bonds. The van der Waals surface area contributed by atoms with Gasteiger partial charge in [0, 0.05) is 7.11 Å². The van der Waals surface area contributed by atoms with E-state index in [1.54, 1.807) is 25.3 Å². The molecule has 1 atom stereocenters. The standard InChI is InChI=1S/C13H21N3O2/c1-8(2)11(7-18-3)16-12-9(13(15)17)5-4-6-10(12)14/h4-6,8,11,16H,7,14H2,1-3H3,(H2,15,17). The fraction of sp³-hybridized carbons (Fsp3) is 0.462. The van der Waals surface area contributed by atoms with Crippen LogP contribution in [0, 0.1) is 5.92 Å². The molecule has 1 aromatic carbocycles. The number of rotatable bonds is 6. The summed E-state index contributed by atoms with van der Waals surface area (Å²) < 4.78 is 5.16. The molecule has 0 spiro atoms. The Bertz CT molecular complexity index is 419. The van der Waals surface area contributed by atoms with Crippen LogP contribution in [0.4, 0.5) is 11.4 Å². The van der Waals surface area contributed by atoms with Crippen LogP contribution in [0.15, 0.2) is 18.2 Å². The molecule has 1 aromatic rings. The molecule has 5 nitrogen and oxygen atoms in total. The van der Waals surface area contributed by atoms with Crippen LogP contribution < -0.4 is 16.8 Å². The van der Waals surface area contributed by atoms with E-state index in [4.69, 9.17) is 16.2 Å². The van der Waals surface area contributed by atoms with Gasteiger partial charge in [0.25, 0.3) is 5.91 Å². The highest BCUT2D eigenvalue weighted by molar-refractivity contribution is 6.01. The Balaban J connectivity index is 3.04. The van der Waals surface area contributed by atoms with E-state index in [2.05, 4.69) is 19.2 Å². The van der Waals surface area contributed by atoms with E-state index >= 15 is 0 Å². The van der Waals surface area contributed by atoms with E-state index in [1.807, 2.05) is 0 Å². The van der Waals surface area contributed by atoms with Crippen LogP contribution in [0.2, 0.25) is 0 Å². The van der Waals surface area contributed by atoms with Gasteiger partial charge >= 0.3 is 0 Å². The zero-order valence-electron chi connectivity index (χ0n) is 11.1. The van der Waals surface area contributed by atoms with Gasteiger partial charge in [0.05, 0.1) is 29.6 Å². The minimum Gasteiger partial charge on any atom is -0.397 e. The average Bonchev–Trinajstić information content (AvgIpc) is 2.30. The number of nitrogens with one attached hydrogen (secondary N) is 1. The minimum absolute atomic E-state index is 0.0674. The Labute approximate surface area is 107 Å². The van der Waals surface area contributed by atoms with Crippen molar-refractivity contribution in [2.45, 2.75) is 19.9 Å². The number of hydrogen-bond acceptors (Lipinski definition) is 4. The number of nitrogen functional groups attached to an aromatic ring is 1. The Morgan fingerprint density at radius 3 is 2.61 bits per heavy atom. The lowest BCUT2D eigenvalue weighted by molar-refractivity contribution is 0.100. The molecule has 0 aliphatic carbocycles. The van der Waals surface area contributed by atoms with Crippen LogP contribution in [0.3, 0.4) is 0 Å². The number of carbonyl (C=O) groups excluding carboxylic acids is 1. The maximum atomic E-state index is 11.4. The lowest BCUT2D eigenvalue weighted by Gasteiger charge is -2.24. The molecule has 0 aliphatic rings. The number of anilines is 2. The zero-order chi connectivity index (χ0) is 13.7. The van der Waals surface area contributed by atoms with Gasteiger partial charge in [-0.1, -0.05) is 19.9 Å². The molecule has 5 N–H and O–H groups in total. The number of amides is 1. The summed E-state index contributed by atoms with van der Waals surface area (Å²) in [6, 6.07) is 5.17. The predicted octanol–water partition coefficient (Wildman–Crippen LogP) is 1.45. The number of primary amides is 1. The van der Waals surface area contributed by atoms with Gasteiger partial charge in [-0.3, -0.25) is 4.79 Å². The molecule has 0 heterocycles. The van der Waals surface area contributed by atoms with Crippen LogP contribution >= 0.6 is 0 Å². The van der Waals surface area contributed by atoms with Crippen molar-refractivity contribution in [1.82, 2.24) is 0 Å². The number of nitrogens with two attached hydrogens (primary N) is 2. The quantitative estimate of drug-likeness (QED) is 0.667. The molecule has 0 fully saturated rings. The molecule has 5 heteroatoms. The number of ether oxygens (including phenoxy) is 1. The first kappa shape index (κ1) is 14.3. The number of carbonyl (C=O) groups is 1. The van der Waals surface area contributed by atoms with Crippen molar-refractivity contribution in [2.75, 3.05) is 24.8 Å². The SMILES string of the molecule is COCC(Nc1c(N)cccc1C(N)=O)C(C)C. The van der Waals surface area contributed by atoms with Crippen molar-refractivity contribution >= 4 is 17.3 Å². The van der Waals surface area contributed by atoms with E-state index in [-0.39, 0.29) is 6.04 Å². The summed E-state index contributed by atoms with van der Waals surface area (Å²) in [6.07, 6.45) is 0. The molecule has 0 radical (unpaired) electrons. The maximum Gasteiger partial charge on any atom is 0.250 e. The fourth-order valence-corrected chi connectivity index (χ4v) is 1.70. The van der Waals surface area contributed by atoms with Gasteiger partial charge in [-0.05, 0) is 18.1 Å². The Morgan fingerprint density at radius 2 is 2.11 bits per heavy atom. The fourth-order valence-electron chi connectivity index (χ4n) is 1.70. The highest BCUT2D eigenvalue weighted by Crippen LogP contribution is 2.25. The Kier molecular flexibility index (Phi) is 4.97. The van der Waals surface area contributed by atoms with Crippen LogP contribution in [0.5, 0.6) is 0 Å². The van der Waals surface area contributed by atoms with Crippen LogP contribution in [0.1, 0.15) is 24.2 Å². The summed E-state index contributed by atoms with van der Waals surface area (Å²) in [5, 5.41) is 3.25. The average molecular weight is 251 g/mol. The molecule has 1 rings (SSSR count). The summed E-state index contributed by atoms with van der Waals surface area (Å²) in [6.45, 7) is 4.67. The third-order valence-electron chi connectivity index (χ3n) is 2.84. The van der Waals surface area contributed by atoms with Crippen LogP contribution in [0.25, 0.3) is 0 Å². The number of methoxy groups -OCH3 is 1. The lowest BCUT2D eigenvalue weighted by Crippen LogP contribution is -2.32. The van der Waals surface area contributed by atoms with Crippen molar-refractivity contribution in [1.29, 1.82) is 0 Å². The second-order valence-electron chi connectivity index (χ2n) is 4.58. The normalized spacial score (nSPS) is 12.4. The molecule has 0 aliphatic heterocycles. The predicted molar refractivity (Wildman–Crippen MR) is 73.5 cm³/mol. The number of para-hydroxylation sites is 1. The highest BCUT2D eigenvalue weighted by atomic mass is 16.5. The van der Waals surface area contributed by atoms with Gasteiger partial charge in [-0.15, -0.1) is 0 Å². The molecule has 18 heavy (non-hydrogen) atoms. The summed E-state index contributed by atoms with van der Waals surface area (Å²) in [4.78, 5) is 11.4. The van der Waals surface area contributed by atoms with E-state index in [0.29, 0.717) is 29.5 Å². The second-order valence-corrected chi connectivity index (χ2v) is 4.58. The third kappa shape index (κ3) is 3.37. The van der Waals surface area contributed by atoms with Crippen molar-refractivity contribution in [3.8, 4) is 0 Å². The molecule has 0 saturated carbocycles. The van der Waals surface area contributed by atoms with Crippen LogP contribution in [-0.2, 0) is 4.74 Å². The van der Waals surface area contributed by atoms with Crippen molar-refractivity contribution in [3.05, 3.63) is 23.8 Å². The minimum atomic E-state index is -0.496. The topological polar surface area (TPSA) is 90.4 Å². The molecule has 0 aromatic heterocycles. The first-order valence-corrected chi connectivity index (χ1v) is 5.91. The van der Waals surface area contributed by atoms with Gasteiger partial charge in [-0.25, -0.2) is 0 Å². The summed E-state index contributed by atoms with van der Waals surface area (Å²) in [7, 11) is 1.64. The number of hydrogen-bond donors (Lipinski definition) is 3. The first-order chi connectivity index (χ1) is 8.47. The van der Waals surface area contributed by atoms with E-state index in [1.165, 1.54) is 0 Å². The molecule has 0 saturated heterocycles. The molecule has 0 bridgehead atoms. The summed E-state index contributed by atoms with van der Waals surface area (Å²) >= 11 is 0. The van der Waals surface area contributed by atoms with E-state index in [9.17, 15) is 4.79 Å². The van der Waals surface area contributed by atoms with Crippen molar-refractivity contribution in [3.63, 3.8) is 0 Å². The van der Waals surface area contributed by atoms with Crippen LogP contribution in [-0.4, -0.2) is 25.7 Å². The Morgan fingerprint density at radius 1 is 1.44 bits per heavy atom.